The Bertz CT molecular complexity index is 1470. The lowest BCUT2D eigenvalue weighted by Crippen LogP contribution is -2.39. The van der Waals surface area contributed by atoms with Crippen molar-refractivity contribution in [2.24, 2.45) is 5.92 Å². The predicted octanol–water partition coefficient (Wildman–Crippen LogP) is 4.22. The van der Waals surface area contributed by atoms with E-state index in [-0.39, 0.29) is 11.3 Å². The number of aliphatic hydroxyl groups is 1. The topological polar surface area (TPSA) is 106 Å². The van der Waals surface area contributed by atoms with Crippen LogP contribution < -0.4 is 9.47 Å². The number of aromatic nitrogens is 2. The summed E-state index contributed by atoms with van der Waals surface area (Å²) in [5, 5.41) is 11.7. The van der Waals surface area contributed by atoms with E-state index in [1.807, 2.05) is 30.3 Å². The van der Waals surface area contributed by atoms with E-state index in [0.29, 0.717) is 72.8 Å². The minimum Gasteiger partial charge on any atom is -0.505 e. The maximum atomic E-state index is 13.7. The molecule has 0 saturated carbocycles. The molecule has 2 saturated heterocycles. The number of amides is 1. The van der Waals surface area contributed by atoms with Crippen LogP contribution in [0.5, 0.6) is 11.5 Å². The number of likely N-dealkylation sites (tertiary alicyclic amines) is 1. The van der Waals surface area contributed by atoms with Gasteiger partial charge in [0.25, 0.3) is 11.7 Å². The monoisotopic (exact) mass is 576 g/mol. The van der Waals surface area contributed by atoms with Gasteiger partial charge in [-0.1, -0.05) is 26.0 Å². The van der Waals surface area contributed by atoms with Crippen LogP contribution in [0.2, 0.25) is 0 Å². The molecule has 0 spiro atoms. The maximum Gasteiger partial charge on any atom is 0.295 e. The molecule has 2 aliphatic heterocycles. The van der Waals surface area contributed by atoms with Crippen LogP contribution in [0.3, 0.4) is 0 Å². The Hall–Kier alpha value is -3.89. The second-order valence-electron chi connectivity index (χ2n) is 11.2. The second-order valence-corrected chi connectivity index (χ2v) is 11.2. The lowest BCUT2D eigenvalue weighted by Gasteiger charge is -2.29. The molecule has 1 amide bonds. The summed E-state index contributed by atoms with van der Waals surface area (Å²) in [5.41, 5.74) is 2.28. The third-order valence-corrected chi connectivity index (χ3v) is 7.90. The molecule has 10 nitrogen and oxygen atoms in total. The van der Waals surface area contributed by atoms with Crippen LogP contribution in [0.1, 0.15) is 49.7 Å². The minimum atomic E-state index is -0.804. The Morgan fingerprint density at radius 3 is 2.64 bits per heavy atom. The van der Waals surface area contributed by atoms with Crippen LogP contribution in [0.15, 0.2) is 48.2 Å². The fourth-order valence-electron chi connectivity index (χ4n) is 5.65. The molecule has 10 heteroatoms. The molecule has 224 valence electrons. The first-order chi connectivity index (χ1) is 20.3. The lowest BCUT2D eigenvalue weighted by atomic mass is 9.95. The highest BCUT2D eigenvalue weighted by molar-refractivity contribution is 6.46. The average molecular weight is 577 g/mol. The SMILES string of the molecule is COc1cc(C2C(=C(O)c3c(C)nc4ccccn34)C(=O)C(=O)N2CCCN2CCOCC2)ccc1OCCC(C)C. The Balaban J connectivity index is 1.54. The van der Waals surface area contributed by atoms with Gasteiger partial charge >= 0.3 is 0 Å². The molecule has 2 aromatic heterocycles. The van der Waals surface area contributed by atoms with E-state index >= 15 is 0 Å². The van der Waals surface area contributed by atoms with E-state index in [4.69, 9.17) is 14.2 Å². The number of rotatable bonds is 11. The number of aliphatic hydroxyl groups excluding tert-OH is 1. The number of aryl methyl sites for hydroxylation is 1. The van der Waals surface area contributed by atoms with Crippen LogP contribution in [0.25, 0.3) is 11.4 Å². The van der Waals surface area contributed by atoms with Crippen LogP contribution in [-0.2, 0) is 14.3 Å². The molecular weight excluding hydrogens is 536 g/mol. The number of pyridine rings is 1. The van der Waals surface area contributed by atoms with Crippen molar-refractivity contribution in [2.45, 2.75) is 39.7 Å². The van der Waals surface area contributed by atoms with Crippen molar-refractivity contribution < 1.29 is 28.9 Å². The number of carbonyl (C=O) groups excluding carboxylic acids is 2. The summed E-state index contributed by atoms with van der Waals surface area (Å²) in [6.07, 6.45) is 3.35. The summed E-state index contributed by atoms with van der Waals surface area (Å²) in [5.74, 6) is -0.0152. The number of methoxy groups -OCH3 is 1. The van der Waals surface area contributed by atoms with Gasteiger partial charge in [-0.05, 0) is 55.5 Å². The standard InChI is InChI=1S/C32H40N4O6/c1-21(2)11-17-42-24-10-9-23(20-25(24)40-4)29-27(30(37)28-22(3)33-26-8-5-6-13-35(26)28)31(38)32(39)36(29)14-7-12-34-15-18-41-19-16-34/h5-6,8-10,13,20-21,29,37H,7,11-12,14-19H2,1-4H3. The van der Waals surface area contributed by atoms with Gasteiger partial charge in [0.05, 0.1) is 44.2 Å². The number of Topliss-reactive ketones (excluding diaryl/α,β-unsaturated/α-hetero) is 1. The highest BCUT2D eigenvalue weighted by atomic mass is 16.5. The van der Waals surface area contributed by atoms with E-state index < -0.39 is 17.7 Å². The number of nitrogens with zero attached hydrogens (tertiary/aromatic N) is 4. The van der Waals surface area contributed by atoms with Gasteiger partial charge in [0.2, 0.25) is 0 Å². The molecule has 3 aromatic rings. The van der Waals surface area contributed by atoms with Gasteiger partial charge in [0.1, 0.15) is 11.3 Å². The van der Waals surface area contributed by atoms with Crippen molar-refractivity contribution >= 4 is 23.1 Å². The Labute approximate surface area is 246 Å². The average Bonchev–Trinajstić information content (AvgIpc) is 3.45. The highest BCUT2D eigenvalue weighted by Crippen LogP contribution is 2.42. The molecule has 2 aliphatic rings. The van der Waals surface area contributed by atoms with Gasteiger partial charge < -0.3 is 24.2 Å². The zero-order valence-electron chi connectivity index (χ0n) is 24.8. The number of carbonyl (C=O) groups is 2. The molecule has 0 radical (unpaired) electrons. The molecule has 0 aliphatic carbocycles. The quantitative estimate of drug-likeness (QED) is 0.206. The molecule has 2 fully saturated rings. The van der Waals surface area contributed by atoms with Crippen molar-refractivity contribution in [3.8, 4) is 11.5 Å². The molecule has 1 N–H and O–H groups in total. The third-order valence-electron chi connectivity index (χ3n) is 7.90. The van der Waals surface area contributed by atoms with Gasteiger partial charge in [-0.15, -0.1) is 0 Å². The fraction of sp³-hybridized carbons (Fsp3) is 0.469. The highest BCUT2D eigenvalue weighted by Gasteiger charge is 2.46. The number of ketones is 1. The van der Waals surface area contributed by atoms with Gasteiger partial charge in [0.15, 0.2) is 17.3 Å². The van der Waals surface area contributed by atoms with Gasteiger partial charge in [-0.25, -0.2) is 4.98 Å². The van der Waals surface area contributed by atoms with Crippen LogP contribution in [0, 0.1) is 12.8 Å². The molecule has 42 heavy (non-hydrogen) atoms. The first-order valence-electron chi connectivity index (χ1n) is 14.6. The molecule has 4 heterocycles. The van der Waals surface area contributed by atoms with Crippen molar-refractivity contribution in [3.05, 3.63) is 65.1 Å². The zero-order chi connectivity index (χ0) is 29.8. The molecule has 0 bridgehead atoms. The molecule has 1 atom stereocenters. The minimum absolute atomic E-state index is 0.0376. The van der Waals surface area contributed by atoms with E-state index in [1.54, 1.807) is 35.6 Å². The Kier molecular flexibility index (Phi) is 9.13. The van der Waals surface area contributed by atoms with Crippen LogP contribution >= 0.6 is 0 Å². The summed E-state index contributed by atoms with van der Waals surface area (Å²) >= 11 is 0. The summed E-state index contributed by atoms with van der Waals surface area (Å²) in [6, 6.07) is 10.2. The first kappa shape index (κ1) is 29.6. The number of imidazole rings is 1. The summed E-state index contributed by atoms with van der Waals surface area (Å²) < 4.78 is 18.9. The van der Waals surface area contributed by atoms with E-state index in [1.165, 1.54) is 0 Å². The Morgan fingerprint density at radius 1 is 1.12 bits per heavy atom. The van der Waals surface area contributed by atoms with Gasteiger partial charge in [0, 0.05) is 32.4 Å². The number of fused-ring (bicyclic) bond motifs is 1. The molecule has 1 unspecified atom stereocenters. The predicted molar refractivity (Wildman–Crippen MR) is 159 cm³/mol. The van der Waals surface area contributed by atoms with Crippen molar-refractivity contribution in [3.63, 3.8) is 0 Å². The Morgan fingerprint density at radius 2 is 1.90 bits per heavy atom. The lowest BCUT2D eigenvalue weighted by molar-refractivity contribution is -0.140. The maximum absolute atomic E-state index is 13.7. The normalized spacial score (nSPS) is 19.3. The fourth-order valence-corrected chi connectivity index (χ4v) is 5.65. The molecular formula is C32H40N4O6. The van der Waals surface area contributed by atoms with Crippen molar-refractivity contribution in [1.29, 1.82) is 0 Å². The molecule has 1 aromatic carbocycles. The van der Waals surface area contributed by atoms with E-state index in [9.17, 15) is 14.7 Å². The summed E-state index contributed by atoms with van der Waals surface area (Å²) in [7, 11) is 1.56. The number of ether oxygens (including phenoxy) is 3. The number of benzene rings is 1. The number of morpholine rings is 1. The second kappa shape index (κ2) is 13.0. The third kappa shape index (κ3) is 6.00. The van der Waals surface area contributed by atoms with Crippen molar-refractivity contribution in [1.82, 2.24) is 19.2 Å². The van der Waals surface area contributed by atoms with Gasteiger partial charge in [-0.3, -0.25) is 18.9 Å². The molecule has 5 rings (SSSR count). The zero-order valence-corrected chi connectivity index (χ0v) is 24.8. The number of hydrogen-bond donors (Lipinski definition) is 1. The van der Waals surface area contributed by atoms with Crippen LogP contribution in [-0.4, -0.2) is 89.1 Å². The summed E-state index contributed by atoms with van der Waals surface area (Å²) in [4.78, 5) is 35.6. The smallest absolute Gasteiger partial charge is 0.295 e. The van der Waals surface area contributed by atoms with E-state index in [0.717, 1.165) is 26.1 Å². The van der Waals surface area contributed by atoms with E-state index in [2.05, 4.69) is 23.7 Å². The summed E-state index contributed by atoms with van der Waals surface area (Å²) in [6.45, 7) is 10.8. The van der Waals surface area contributed by atoms with Crippen molar-refractivity contribution in [2.75, 3.05) is 53.1 Å². The van der Waals surface area contributed by atoms with Crippen LogP contribution in [0.4, 0.5) is 0 Å². The first-order valence-corrected chi connectivity index (χ1v) is 14.6. The van der Waals surface area contributed by atoms with Gasteiger partial charge in [-0.2, -0.15) is 0 Å². The number of hydrogen-bond acceptors (Lipinski definition) is 8. The largest absolute Gasteiger partial charge is 0.505 e.